The highest BCUT2D eigenvalue weighted by atomic mass is 79.9. The monoisotopic (exact) mass is 333 g/mol. The average Bonchev–Trinajstić information content (AvgIpc) is 2.76. The standard InChI is InChI=1S/C13H20BrNO2S/c1-4-15(5-2)11(8-13(16)17-6-3)12-7-10(14)9-18-12/h7,9,11H,4-6,8H2,1-3H3. The van der Waals surface area contributed by atoms with Crippen molar-refractivity contribution in [2.45, 2.75) is 33.2 Å². The van der Waals surface area contributed by atoms with Crippen molar-refractivity contribution in [3.8, 4) is 0 Å². The van der Waals surface area contributed by atoms with Gasteiger partial charge in [0.2, 0.25) is 0 Å². The van der Waals surface area contributed by atoms with Crippen LogP contribution in [-0.2, 0) is 9.53 Å². The Kier molecular flexibility index (Phi) is 6.89. The molecule has 18 heavy (non-hydrogen) atoms. The zero-order valence-electron chi connectivity index (χ0n) is 11.1. The summed E-state index contributed by atoms with van der Waals surface area (Å²) in [6.07, 6.45) is 0.419. The lowest BCUT2D eigenvalue weighted by Crippen LogP contribution is -2.30. The van der Waals surface area contributed by atoms with Crippen LogP contribution in [0, 0.1) is 0 Å². The van der Waals surface area contributed by atoms with E-state index in [1.54, 1.807) is 11.3 Å². The zero-order chi connectivity index (χ0) is 13.5. The minimum absolute atomic E-state index is 0.121. The summed E-state index contributed by atoms with van der Waals surface area (Å²) in [5.41, 5.74) is 0. The molecule has 0 aromatic carbocycles. The van der Waals surface area contributed by atoms with E-state index in [0.717, 1.165) is 17.6 Å². The molecular formula is C13H20BrNO2S. The van der Waals surface area contributed by atoms with Crippen molar-refractivity contribution in [3.05, 3.63) is 20.8 Å². The maximum absolute atomic E-state index is 11.7. The molecule has 0 aliphatic heterocycles. The third-order valence-electron chi connectivity index (χ3n) is 2.83. The minimum atomic E-state index is -0.126. The quantitative estimate of drug-likeness (QED) is 0.710. The lowest BCUT2D eigenvalue weighted by molar-refractivity contribution is -0.144. The Bertz CT molecular complexity index is 377. The number of halogens is 1. The van der Waals surface area contributed by atoms with Crippen LogP contribution < -0.4 is 0 Å². The predicted molar refractivity (Wildman–Crippen MR) is 78.9 cm³/mol. The van der Waals surface area contributed by atoms with Gasteiger partial charge in [0.05, 0.1) is 19.1 Å². The summed E-state index contributed by atoms with van der Waals surface area (Å²) < 4.78 is 6.14. The topological polar surface area (TPSA) is 29.5 Å². The summed E-state index contributed by atoms with van der Waals surface area (Å²) >= 11 is 5.15. The largest absolute Gasteiger partial charge is 0.466 e. The molecular weight excluding hydrogens is 314 g/mol. The molecule has 3 nitrogen and oxygen atoms in total. The van der Waals surface area contributed by atoms with E-state index in [-0.39, 0.29) is 12.0 Å². The molecule has 1 rings (SSSR count). The number of rotatable bonds is 7. The molecule has 0 spiro atoms. The Morgan fingerprint density at radius 1 is 1.44 bits per heavy atom. The molecule has 0 bridgehead atoms. The van der Waals surface area contributed by atoms with Crippen LogP contribution in [0.5, 0.6) is 0 Å². The number of ether oxygens (including phenoxy) is 1. The number of thiophene rings is 1. The van der Waals surface area contributed by atoms with Gasteiger partial charge >= 0.3 is 5.97 Å². The molecule has 1 heterocycles. The molecule has 1 unspecified atom stereocenters. The molecule has 1 aromatic rings. The van der Waals surface area contributed by atoms with Gasteiger partial charge in [0.25, 0.3) is 0 Å². The van der Waals surface area contributed by atoms with E-state index in [9.17, 15) is 4.79 Å². The summed E-state index contributed by atoms with van der Waals surface area (Å²) in [5.74, 6) is -0.126. The van der Waals surface area contributed by atoms with Gasteiger partial charge in [-0.05, 0) is 42.0 Å². The normalized spacial score (nSPS) is 12.7. The molecule has 0 N–H and O–H groups in total. The lowest BCUT2D eigenvalue weighted by atomic mass is 10.1. The molecule has 0 saturated carbocycles. The van der Waals surface area contributed by atoms with Gasteiger partial charge in [-0.2, -0.15) is 0 Å². The van der Waals surface area contributed by atoms with Crippen LogP contribution in [-0.4, -0.2) is 30.6 Å². The average molecular weight is 334 g/mol. The first-order valence-electron chi connectivity index (χ1n) is 6.25. The van der Waals surface area contributed by atoms with Gasteiger partial charge in [0.15, 0.2) is 0 Å². The van der Waals surface area contributed by atoms with Crippen LogP contribution in [0.1, 0.15) is 38.1 Å². The lowest BCUT2D eigenvalue weighted by Gasteiger charge is -2.28. The molecule has 0 fully saturated rings. The fourth-order valence-corrected chi connectivity index (χ4v) is 3.53. The van der Waals surface area contributed by atoms with Crippen LogP contribution in [0.2, 0.25) is 0 Å². The van der Waals surface area contributed by atoms with Crippen molar-refractivity contribution >= 4 is 33.2 Å². The van der Waals surface area contributed by atoms with Gasteiger partial charge in [-0.1, -0.05) is 13.8 Å². The summed E-state index contributed by atoms with van der Waals surface area (Å²) in [6.45, 7) is 8.37. The van der Waals surface area contributed by atoms with Crippen molar-refractivity contribution in [1.29, 1.82) is 0 Å². The molecule has 5 heteroatoms. The van der Waals surface area contributed by atoms with Crippen molar-refractivity contribution in [2.75, 3.05) is 19.7 Å². The molecule has 0 amide bonds. The molecule has 0 aliphatic rings. The Labute approximate surface area is 121 Å². The Morgan fingerprint density at radius 2 is 2.11 bits per heavy atom. The van der Waals surface area contributed by atoms with E-state index in [1.807, 2.05) is 6.92 Å². The van der Waals surface area contributed by atoms with E-state index in [0.29, 0.717) is 13.0 Å². The highest BCUT2D eigenvalue weighted by Crippen LogP contribution is 2.32. The summed E-state index contributed by atoms with van der Waals surface area (Å²) in [7, 11) is 0. The van der Waals surface area contributed by atoms with E-state index < -0.39 is 0 Å². The molecule has 0 aliphatic carbocycles. The Morgan fingerprint density at radius 3 is 2.56 bits per heavy atom. The second-order valence-corrected chi connectivity index (χ2v) is 5.77. The van der Waals surface area contributed by atoms with Crippen LogP contribution >= 0.6 is 27.3 Å². The van der Waals surface area contributed by atoms with Gasteiger partial charge in [-0.3, -0.25) is 9.69 Å². The van der Waals surface area contributed by atoms with E-state index >= 15 is 0 Å². The fraction of sp³-hybridized carbons (Fsp3) is 0.615. The van der Waals surface area contributed by atoms with Gasteiger partial charge in [-0.15, -0.1) is 11.3 Å². The highest BCUT2D eigenvalue weighted by Gasteiger charge is 2.23. The van der Waals surface area contributed by atoms with E-state index in [2.05, 4.69) is 46.1 Å². The number of carbonyl (C=O) groups is 1. The number of esters is 1. The number of hydrogen-bond acceptors (Lipinski definition) is 4. The molecule has 0 saturated heterocycles. The Balaban J connectivity index is 2.84. The van der Waals surface area contributed by atoms with E-state index in [1.165, 1.54) is 4.88 Å². The summed E-state index contributed by atoms with van der Waals surface area (Å²) in [4.78, 5) is 15.2. The SMILES string of the molecule is CCOC(=O)CC(c1cc(Br)cs1)N(CC)CC. The predicted octanol–water partition coefficient (Wildman–Crippen LogP) is 3.85. The van der Waals surface area contributed by atoms with Crippen molar-refractivity contribution in [1.82, 2.24) is 4.90 Å². The zero-order valence-corrected chi connectivity index (χ0v) is 13.5. The molecule has 1 atom stereocenters. The first-order valence-corrected chi connectivity index (χ1v) is 7.93. The third kappa shape index (κ3) is 4.37. The maximum atomic E-state index is 11.7. The van der Waals surface area contributed by atoms with Gasteiger partial charge in [0.1, 0.15) is 0 Å². The summed E-state index contributed by atoms with van der Waals surface area (Å²) in [5, 5.41) is 2.05. The van der Waals surface area contributed by atoms with E-state index in [4.69, 9.17) is 4.74 Å². The summed E-state index contributed by atoms with van der Waals surface area (Å²) in [6, 6.07) is 2.21. The second kappa shape index (κ2) is 7.92. The molecule has 1 aromatic heterocycles. The first kappa shape index (κ1) is 15.7. The number of hydrogen-bond donors (Lipinski definition) is 0. The van der Waals surface area contributed by atoms with Gasteiger partial charge < -0.3 is 4.74 Å². The third-order valence-corrected chi connectivity index (χ3v) is 4.63. The van der Waals surface area contributed by atoms with Crippen LogP contribution in [0.4, 0.5) is 0 Å². The van der Waals surface area contributed by atoms with Gasteiger partial charge in [-0.25, -0.2) is 0 Å². The Hall–Kier alpha value is -0.390. The maximum Gasteiger partial charge on any atom is 0.307 e. The fourth-order valence-electron chi connectivity index (χ4n) is 1.95. The van der Waals surface area contributed by atoms with Crippen LogP contribution in [0.15, 0.2) is 15.9 Å². The van der Waals surface area contributed by atoms with Crippen molar-refractivity contribution in [2.24, 2.45) is 0 Å². The smallest absolute Gasteiger partial charge is 0.307 e. The van der Waals surface area contributed by atoms with Crippen LogP contribution in [0.25, 0.3) is 0 Å². The number of carbonyl (C=O) groups excluding carboxylic acids is 1. The van der Waals surface area contributed by atoms with Crippen LogP contribution in [0.3, 0.4) is 0 Å². The number of nitrogens with zero attached hydrogens (tertiary/aromatic N) is 1. The highest BCUT2D eigenvalue weighted by molar-refractivity contribution is 9.10. The molecule has 102 valence electrons. The van der Waals surface area contributed by atoms with Gasteiger partial charge in [0, 0.05) is 14.7 Å². The molecule has 0 radical (unpaired) electrons. The minimum Gasteiger partial charge on any atom is -0.466 e. The second-order valence-electron chi connectivity index (χ2n) is 3.91. The first-order chi connectivity index (χ1) is 8.62. The van der Waals surface area contributed by atoms with Crippen molar-refractivity contribution < 1.29 is 9.53 Å². The van der Waals surface area contributed by atoms with Crippen molar-refractivity contribution in [3.63, 3.8) is 0 Å².